The standard InChI is InChI=1S/C12H14N4O4S/c1-20-12(17)9-3-2-4-10(7-9)21(18,19)15-6-5-11-13-8-14-16-11/h2-4,7-8,15H,5-6H2,1H3,(H,13,14,16). The van der Waals surface area contributed by atoms with Gasteiger partial charge in [-0.3, -0.25) is 5.10 Å². The predicted molar refractivity (Wildman–Crippen MR) is 73.1 cm³/mol. The van der Waals surface area contributed by atoms with Crippen LogP contribution in [0, 0.1) is 0 Å². The van der Waals surface area contributed by atoms with E-state index in [1.165, 1.54) is 37.7 Å². The van der Waals surface area contributed by atoms with Crippen LogP contribution in [0.3, 0.4) is 0 Å². The molecule has 0 amide bonds. The van der Waals surface area contributed by atoms with Gasteiger partial charge in [0.05, 0.1) is 17.6 Å². The van der Waals surface area contributed by atoms with E-state index >= 15 is 0 Å². The van der Waals surface area contributed by atoms with Crippen molar-refractivity contribution in [3.8, 4) is 0 Å². The van der Waals surface area contributed by atoms with Crippen LogP contribution in [0.25, 0.3) is 0 Å². The molecular weight excluding hydrogens is 296 g/mol. The van der Waals surface area contributed by atoms with Crippen molar-refractivity contribution in [2.45, 2.75) is 11.3 Å². The van der Waals surface area contributed by atoms with Gasteiger partial charge in [0.2, 0.25) is 10.0 Å². The molecule has 1 aromatic carbocycles. The van der Waals surface area contributed by atoms with Gasteiger partial charge in [0, 0.05) is 13.0 Å². The lowest BCUT2D eigenvalue weighted by Crippen LogP contribution is -2.26. The number of esters is 1. The van der Waals surface area contributed by atoms with Crippen LogP contribution in [-0.4, -0.2) is 43.2 Å². The number of aromatic amines is 1. The lowest BCUT2D eigenvalue weighted by atomic mass is 10.2. The molecule has 0 atom stereocenters. The fourth-order valence-corrected chi connectivity index (χ4v) is 2.72. The van der Waals surface area contributed by atoms with Gasteiger partial charge in [-0.2, -0.15) is 5.10 Å². The fraction of sp³-hybridized carbons (Fsp3) is 0.250. The van der Waals surface area contributed by atoms with Crippen LogP contribution in [0.2, 0.25) is 0 Å². The summed E-state index contributed by atoms with van der Waals surface area (Å²) < 4.78 is 31.2. The topological polar surface area (TPSA) is 114 Å². The minimum Gasteiger partial charge on any atom is -0.465 e. The summed E-state index contributed by atoms with van der Waals surface area (Å²) in [4.78, 5) is 15.3. The lowest BCUT2D eigenvalue weighted by molar-refractivity contribution is 0.0600. The first-order valence-electron chi connectivity index (χ1n) is 6.05. The molecule has 0 radical (unpaired) electrons. The molecule has 0 saturated carbocycles. The largest absolute Gasteiger partial charge is 0.465 e. The summed E-state index contributed by atoms with van der Waals surface area (Å²) in [5.41, 5.74) is 0.176. The summed E-state index contributed by atoms with van der Waals surface area (Å²) in [5, 5.41) is 6.31. The Balaban J connectivity index is 2.06. The molecule has 9 heteroatoms. The Morgan fingerprint density at radius 3 is 2.90 bits per heavy atom. The van der Waals surface area contributed by atoms with Gasteiger partial charge in [-0.15, -0.1) is 0 Å². The number of hydrogen-bond donors (Lipinski definition) is 2. The summed E-state index contributed by atoms with van der Waals surface area (Å²) in [5.74, 6) is -0.00489. The smallest absolute Gasteiger partial charge is 0.337 e. The number of aromatic nitrogens is 3. The highest BCUT2D eigenvalue weighted by atomic mass is 32.2. The summed E-state index contributed by atoms with van der Waals surface area (Å²) >= 11 is 0. The number of methoxy groups -OCH3 is 1. The highest BCUT2D eigenvalue weighted by Crippen LogP contribution is 2.12. The van der Waals surface area contributed by atoms with Gasteiger partial charge in [0.1, 0.15) is 12.2 Å². The van der Waals surface area contributed by atoms with Crippen LogP contribution in [0.4, 0.5) is 0 Å². The van der Waals surface area contributed by atoms with Crippen molar-refractivity contribution in [2.24, 2.45) is 0 Å². The Morgan fingerprint density at radius 2 is 2.24 bits per heavy atom. The molecule has 2 rings (SSSR count). The van der Waals surface area contributed by atoms with Crippen LogP contribution in [0.1, 0.15) is 16.2 Å². The Kier molecular flexibility index (Phi) is 4.66. The molecule has 0 spiro atoms. The normalized spacial score (nSPS) is 11.3. The van der Waals surface area contributed by atoms with Crippen LogP contribution < -0.4 is 4.72 Å². The fourth-order valence-electron chi connectivity index (χ4n) is 1.65. The zero-order chi connectivity index (χ0) is 15.3. The van der Waals surface area contributed by atoms with Crippen LogP contribution in [-0.2, 0) is 21.2 Å². The quantitative estimate of drug-likeness (QED) is 0.732. The molecule has 2 aromatic rings. The first-order chi connectivity index (χ1) is 10.0. The second-order valence-electron chi connectivity index (χ2n) is 4.10. The number of rotatable bonds is 6. The van der Waals surface area contributed by atoms with Crippen molar-refractivity contribution < 1.29 is 17.9 Å². The third kappa shape index (κ3) is 3.86. The van der Waals surface area contributed by atoms with E-state index in [4.69, 9.17) is 0 Å². The molecule has 0 saturated heterocycles. The molecular formula is C12H14N4O4S. The van der Waals surface area contributed by atoms with Gasteiger partial charge in [0.15, 0.2) is 0 Å². The average Bonchev–Trinajstić information content (AvgIpc) is 2.99. The van der Waals surface area contributed by atoms with E-state index < -0.39 is 16.0 Å². The highest BCUT2D eigenvalue weighted by Gasteiger charge is 2.16. The summed E-state index contributed by atoms with van der Waals surface area (Å²) in [6.07, 6.45) is 1.74. The average molecular weight is 310 g/mol. The van der Waals surface area contributed by atoms with Gasteiger partial charge >= 0.3 is 5.97 Å². The van der Waals surface area contributed by atoms with Crippen molar-refractivity contribution in [3.63, 3.8) is 0 Å². The van der Waals surface area contributed by atoms with Crippen molar-refractivity contribution in [3.05, 3.63) is 42.0 Å². The number of hydrogen-bond acceptors (Lipinski definition) is 6. The van der Waals surface area contributed by atoms with Gasteiger partial charge in [-0.05, 0) is 18.2 Å². The molecule has 112 valence electrons. The first-order valence-corrected chi connectivity index (χ1v) is 7.53. The summed E-state index contributed by atoms with van der Waals surface area (Å²) in [7, 11) is -2.46. The monoisotopic (exact) mass is 310 g/mol. The Hall–Kier alpha value is -2.26. The maximum Gasteiger partial charge on any atom is 0.337 e. The number of H-pyrrole nitrogens is 1. The maximum atomic E-state index is 12.1. The zero-order valence-electron chi connectivity index (χ0n) is 11.2. The maximum absolute atomic E-state index is 12.1. The van der Waals surface area contributed by atoms with Gasteiger partial charge in [-0.25, -0.2) is 22.9 Å². The molecule has 0 aliphatic rings. The van der Waals surface area contributed by atoms with Gasteiger partial charge in [0.25, 0.3) is 0 Å². The molecule has 21 heavy (non-hydrogen) atoms. The first kappa shape index (κ1) is 15.1. The molecule has 0 aliphatic heterocycles. The molecule has 0 fully saturated rings. The Labute approximate surface area is 121 Å². The number of sulfonamides is 1. The number of nitrogens with zero attached hydrogens (tertiary/aromatic N) is 2. The lowest BCUT2D eigenvalue weighted by Gasteiger charge is -2.07. The molecule has 1 aromatic heterocycles. The van der Waals surface area contributed by atoms with E-state index in [0.29, 0.717) is 12.2 Å². The Bertz CT molecular complexity index is 713. The molecule has 0 unspecified atom stereocenters. The van der Waals surface area contributed by atoms with E-state index in [1.807, 2.05) is 0 Å². The third-order valence-electron chi connectivity index (χ3n) is 2.68. The minimum absolute atomic E-state index is 0.00275. The van der Waals surface area contributed by atoms with Crippen LogP contribution in [0.5, 0.6) is 0 Å². The summed E-state index contributed by atoms with van der Waals surface area (Å²) in [6.45, 7) is 0.167. The number of carbonyl (C=O) groups is 1. The number of benzene rings is 1. The second kappa shape index (κ2) is 6.46. The molecule has 2 N–H and O–H groups in total. The van der Waals surface area contributed by atoms with E-state index in [-0.39, 0.29) is 17.0 Å². The van der Waals surface area contributed by atoms with E-state index in [2.05, 4.69) is 24.6 Å². The molecule has 8 nitrogen and oxygen atoms in total. The van der Waals surface area contributed by atoms with Crippen LogP contribution in [0.15, 0.2) is 35.5 Å². The SMILES string of the molecule is COC(=O)c1cccc(S(=O)(=O)NCCc2ncn[nH]2)c1. The van der Waals surface area contributed by atoms with E-state index in [0.717, 1.165) is 0 Å². The van der Waals surface area contributed by atoms with E-state index in [9.17, 15) is 13.2 Å². The van der Waals surface area contributed by atoms with Crippen molar-refractivity contribution in [2.75, 3.05) is 13.7 Å². The van der Waals surface area contributed by atoms with Crippen molar-refractivity contribution in [1.82, 2.24) is 19.9 Å². The molecule has 0 aliphatic carbocycles. The summed E-state index contributed by atoms with van der Waals surface area (Å²) in [6, 6.07) is 5.64. The second-order valence-corrected chi connectivity index (χ2v) is 5.87. The molecule has 0 bridgehead atoms. The van der Waals surface area contributed by atoms with Gasteiger partial charge in [-0.1, -0.05) is 6.07 Å². The van der Waals surface area contributed by atoms with E-state index in [1.54, 1.807) is 0 Å². The minimum atomic E-state index is -3.70. The van der Waals surface area contributed by atoms with Gasteiger partial charge < -0.3 is 4.74 Å². The third-order valence-corrected chi connectivity index (χ3v) is 4.14. The van der Waals surface area contributed by atoms with Crippen molar-refractivity contribution in [1.29, 1.82) is 0 Å². The zero-order valence-corrected chi connectivity index (χ0v) is 12.1. The number of carbonyl (C=O) groups excluding carboxylic acids is 1. The van der Waals surface area contributed by atoms with Crippen LogP contribution >= 0.6 is 0 Å². The Morgan fingerprint density at radius 1 is 1.43 bits per heavy atom. The number of ether oxygens (including phenoxy) is 1. The number of nitrogens with one attached hydrogen (secondary N) is 2. The highest BCUT2D eigenvalue weighted by molar-refractivity contribution is 7.89. The molecule has 1 heterocycles. The predicted octanol–water partition coefficient (Wildman–Crippen LogP) is 0.112. The van der Waals surface area contributed by atoms with Crippen molar-refractivity contribution >= 4 is 16.0 Å².